The number of fused-ring (bicyclic) bond motifs is 1. The molecule has 0 spiro atoms. The summed E-state index contributed by atoms with van der Waals surface area (Å²) in [5, 5.41) is 19.6. The van der Waals surface area contributed by atoms with E-state index in [0.717, 1.165) is 0 Å². The highest BCUT2D eigenvalue weighted by Crippen LogP contribution is 2.42. The Bertz CT molecular complexity index is 665. The monoisotopic (exact) mass is 297 g/mol. The third-order valence-electron chi connectivity index (χ3n) is 3.94. The fourth-order valence-electron chi connectivity index (χ4n) is 2.65. The predicted molar refractivity (Wildman–Crippen MR) is 70.8 cm³/mol. The van der Waals surface area contributed by atoms with E-state index in [-0.39, 0.29) is 5.82 Å². The number of anilines is 1. The Balaban J connectivity index is 2.08. The first-order valence-corrected chi connectivity index (χ1v) is 6.47. The van der Waals surface area contributed by atoms with Crippen molar-refractivity contribution in [3.63, 3.8) is 0 Å². The van der Waals surface area contributed by atoms with E-state index in [2.05, 4.69) is 15.0 Å². The Morgan fingerprint density at radius 2 is 2.24 bits per heavy atom. The topological polar surface area (TPSA) is 119 Å². The molecule has 1 saturated heterocycles. The molecule has 4 atom stereocenters. The van der Waals surface area contributed by atoms with Gasteiger partial charge in [-0.1, -0.05) is 0 Å². The lowest BCUT2D eigenvalue weighted by atomic mass is 9.92. The number of aliphatic hydroxyl groups is 2. The molecule has 9 heteroatoms. The summed E-state index contributed by atoms with van der Waals surface area (Å²) in [4.78, 5) is 12.0. The molecule has 3 rings (SSSR count). The molecule has 0 radical (unpaired) electrons. The quantitative estimate of drug-likeness (QED) is 0.707. The summed E-state index contributed by atoms with van der Waals surface area (Å²) in [5.74, 6) is -0.630. The van der Waals surface area contributed by atoms with Gasteiger partial charge in [-0.05, 0) is 6.92 Å². The molecule has 21 heavy (non-hydrogen) atoms. The number of aliphatic hydroxyl groups excluding tert-OH is 2. The second-order valence-electron chi connectivity index (χ2n) is 5.33. The van der Waals surface area contributed by atoms with E-state index < -0.39 is 37.1 Å². The number of hydrogen-bond donors (Lipinski definition) is 3. The molecule has 0 aliphatic carbocycles. The summed E-state index contributed by atoms with van der Waals surface area (Å²) < 4.78 is 20.5. The molecule has 0 saturated carbocycles. The Morgan fingerprint density at radius 1 is 1.48 bits per heavy atom. The van der Waals surface area contributed by atoms with Gasteiger partial charge in [-0.25, -0.2) is 15.0 Å². The second-order valence-corrected chi connectivity index (χ2v) is 5.33. The molecule has 1 aliphatic heterocycles. The molecule has 4 N–H and O–H groups in total. The van der Waals surface area contributed by atoms with Crippen molar-refractivity contribution < 1.29 is 19.3 Å². The van der Waals surface area contributed by atoms with Crippen LogP contribution in [0.15, 0.2) is 12.7 Å². The van der Waals surface area contributed by atoms with Gasteiger partial charge >= 0.3 is 0 Å². The van der Waals surface area contributed by atoms with Crippen molar-refractivity contribution in [1.82, 2.24) is 19.5 Å². The molecule has 0 aromatic carbocycles. The van der Waals surface area contributed by atoms with Crippen molar-refractivity contribution in [3.8, 4) is 0 Å². The molecule has 0 bridgehead atoms. The van der Waals surface area contributed by atoms with E-state index in [1.807, 2.05) is 0 Å². The highest BCUT2D eigenvalue weighted by Gasteiger charge is 2.52. The van der Waals surface area contributed by atoms with Gasteiger partial charge in [0.05, 0.1) is 31.6 Å². The van der Waals surface area contributed by atoms with Crippen LogP contribution in [0.25, 0.3) is 11.2 Å². The van der Waals surface area contributed by atoms with Gasteiger partial charge in [0, 0.05) is 0 Å². The molecular weight excluding hydrogens is 281 g/mol. The largest absolute Gasteiger partial charge is 0.393 e. The van der Waals surface area contributed by atoms with Gasteiger partial charge in [0.15, 0.2) is 11.5 Å². The van der Waals surface area contributed by atoms with Crippen molar-refractivity contribution in [2.75, 3.05) is 19.0 Å². The number of hydrogen-bond acceptors (Lipinski definition) is 7. The lowest BCUT2D eigenvalue weighted by Gasteiger charge is -2.25. The van der Waals surface area contributed by atoms with E-state index >= 15 is 0 Å². The standard InChI is InChI=1S/C12H16FN5O3/c1-12(3-19)8(20)6(2-13)11(21-12)18-5-17-7-9(14)15-4-16-10(7)18/h4-6,8,11,19-20H,2-3H2,1H3,(H2,14,15,16)/t6-,8-,11+,12+/m0/s1. The summed E-state index contributed by atoms with van der Waals surface area (Å²) in [6.07, 6.45) is 0.714. The van der Waals surface area contributed by atoms with Crippen molar-refractivity contribution >= 4 is 17.0 Å². The number of aromatic nitrogens is 4. The predicted octanol–water partition coefficient (Wildman–Crippen LogP) is -0.365. The van der Waals surface area contributed by atoms with Crippen LogP contribution in [0.3, 0.4) is 0 Å². The van der Waals surface area contributed by atoms with Gasteiger partial charge in [0.1, 0.15) is 23.7 Å². The van der Waals surface area contributed by atoms with Crippen molar-refractivity contribution in [3.05, 3.63) is 12.7 Å². The first kappa shape index (κ1) is 14.1. The van der Waals surface area contributed by atoms with Crippen molar-refractivity contribution in [1.29, 1.82) is 0 Å². The number of nitrogens with zero attached hydrogens (tertiary/aromatic N) is 4. The fraction of sp³-hybridized carbons (Fsp3) is 0.583. The van der Waals surface area contributed by atoms with E-state index in [1.165, 1.54) is 24.1 Å². The first-order valence-electron chi connectivity index (χ1n) is 6.47. The smallest absolute Gasteiger partial charge is 0.167 e. The number of nitrogens with two attached hydrogens (primary N) is 1. The van der Waals surface area contributed by atoms with Gasteiger partial charge in [-0.2, -0.15) is 0 Å². The van der Waals surface area contributed by atoms with Crippen LogP contribution >= 0.6 is 0 Å². The van der Waals surface area contributed by atoms with Gasteiger partial charge in [0.25, 0.3) is 0 Å². The van der Waals surface area contributed by atoms with Crippen LogP contribution in [0.1, 0.15) is 13.2 Å². The molecule has 114 valence electrons. The zero-order chi connectivity index (χ0) is 15.2. The van der Waals surface area contributed by atoms with Crippen LogP contribution in [-0.2, 0) is 4.74 Å². The lowest BCUT2D eigenvalue weighted by molar-refractivity contribution is -0.115. The summed E-state index contributed by atoms with van der Waals surface area (Å²) in [6.45, 7) is 0.301. The van der Waals surface area contributed by atoms with Crippen LogP contribution in [0, 0.1) is 5.92 Å². The minimum Gasteiger partial charge on any atom is -0.393 e. The zero-order valence-corrected chi connectivity index (χ0v) is 11.3. The highest BCUT2D eigenvalue weighted by atomic mass is 19.1. The summed E-state index contributed by atoms with van der Waals surface area (Å²) in [5.41, 5.74) is 5.24. The maximum absolute atomic E-state index is 13.3. The Kier molecular flexibility index (Phi) is 3.27. The molecule has 0 amide bonds. The van der Waals surface area contributed by atoms with Crippen molar-refractivity contribution in [2.24, 2.45) is 5.92 Å². The van der Waals surface area contributed by atoms with E-state index in [4.69, 9.17) is 10.5 Å². The van der Waals surface area contributed by atoms with Gasteiger partial charge in [-0.3, -0.25) is 8.96 Å². The minimum absolute atomic E-state index is 0.207. The minimum atomic E-state index is -1.24. The number of imidazole rings is 1. The highest BCUT2D eigenvalue weighted by molar-refractivity contribution is 5.81. The third-order valence-corrected chi connectivity index (χ3v) is 3.94. The van der Waals surface area contributed by atoms with Crippen molar-refractivity contribution in [2.45, 2.75) is 24.9 Å². The molecule has 1 fully saturated rings. The van der Waals surface area contributed by atoms with Crippen LogP contribution in [0.2, 0.25) is 0 Å². The molecule has 2 aromatic heterocycles. The summed E-state index contributed by atoms with van der Waals surface area (Å²) in [7, 11) is 0. The summed E-state index contributed by atoms with van der Waals surface area (Å²) in [6, 6.07) is 0. The SMILES string of the molecule is C[C@]1(CO)O[C@@H](n2cnc3c(N)ncnc32)[C@@H](CF)[C@@H]1O. The number of rotatable bonds is 3. The fourth-order valence-corrected chi connectivity index (χ4v) is 2.65. The lowest BCUT2D eigenvalue weighted by Crippen LogP contribution is -2.42. The maximum atomic E-state index is 13.3. The van der Waals surface area contributed by atoms with Crippen LogP contribution in [-0.4, -0.2) is 54.7 Å². The zero-order valence-electron chi connectivity index (χ0n) is 11.3. The van der Waals surface area contributed by atoms with E-state index in [9.17, 15) is 14.6 Å². The Labute approximate surface area is 119 Å². The summed E-state index contributed by atoms with van der Waals surface area (Å²) >= 11 is 0. The number of halogens is 1. The molecule has 3 heterocycles. The molecule has 0 unspecified atom stereocenters. The van der Waals surface area contributed by atoms with Gasteiger partial charge in [-0.15, -0.1) is 0 Å². The van der Waals surface area contributed by atoms with E-state index in [0.29, 0.717) is 11.2 Å². The third kappa shape index (κ3) is 1.96. The normalized spacial score (nSPS) is 32.9. The van der Waals surface area contributed by atoms with Crippen LogP contribution in [0.5, 0.6) is 0 Å². The first-order chi connectivity index (χ1) is 10.0. The van der Waals surface area contributed by atoms with E-state index in [1.54, 1.807) is 0 Å². The Morgan fingerprint density at radius 3 is 2.90 bits per heavy atom. The molecule has 1 aliphatic rings. The van der Waals surface area contributed by atoms with Crippen LogP contribution in [0.4, 0.5) is 10.2 Å². The number of nitrogen functional groups attached to an aromatic ring is 1. The van der Waals surface area contributed by atoms with Gasteiger partial charge < -0.3 is 20.7 Å². The Hall–Kier alpha value is -1.84. The van der Waals surface area contributed by atoms with Crippen LogP contribution < -0.4 is 5.73 Å². The molecule has 2 aromatic rings. The maximum Gasteiger partial charge on any atom is 0.167 e. The van der Waals surface area contributed by atoms with Gasteiger partial charge in [0.2, 0.25) is 0 Å². The second kappa shape index (κ2) is 4.86. The average Bonchev–Trinajstić information content (AvgIpc) is 3.01. The molecule has 8 nitrogen and oxygen atoms in total. The number of alkyl halides is 1. The number of ether oxygens (including phenoxy) is 1. The average molecular weight is 297 g/mol. The molecular formula is C12H16FN5O3.